The van der Waals surface area contributed by atoms with Crippen molar-refractivity contribution >= 4 is 5.91 Å². The van der Waals surface area contributed by atoms with Gasteiger partial charge in [-0.25, -0.2) is 0 Å². The number of benzene rings is 2. The summed E-state index contributed by atoms with van der Waals surface area (Å²) in [6.07, 6.45) is 0.287. The number of likely N-dealkylation sites (N-methyl/N-ethyl adjacent to an activating group) is 1. The first-order valence-corrected chi connectivity index (χ1v) is 7.26. The summed E-state index contributed by atoms with van der Waals surface area (Å²) in [6.45, 7) is 0.448. The van der Waals surface area contributed by atoms with Crippen molar-refractivity contribution in [2.45, 2.75) is 13.0 Å². The standard InChI is InChI=1S/C18H21NO4/c1-19(18(21)10-13-4-7-15(20)8-5-13)12-14-6-9-16(22-2)11-17(14)23-3/h4-9,11,20H,10,12H2,1-3H3. The van der Waals surface area contributed by atoms with Gasteiger partial charge < -0.3 is 19.5 Å². The second-order valence-corrected chi connectivity index (χ2v) is 5.27. The zero-order valence-electron chi connectivity index (χ0n) is 13.6. The second-order valence-electron chi connectivity index (χ2n) is 5.27. The Morgan fingerprint density at radius 2 is 1.78 bits per heavy atom. The van der Waals surface area contributed by atoms with Crippen LogP contribution in [-0.4, -0.2) is 37.2 Å². The van der Waals surface area contributed by atoms with E-state index in [-0.39, 0.29) is 18.1 Å². The summed E-state index contributed by atoms with van der Waals surface area (Å²) in [6, 6.07) is 12.2. The Hall–Kier alpha value is -2.69. The molecule has 23 heavy (non-hydrogen) atoms. The molecule has 0 saturated carbocycles. The van der Waals surface area contributed by atoms with Crippen molar-refractivity contribution in [1.29, 1.82) is 0 Å². The molecule has 5 heteroatoms. The van der Waals surface area contributed by atoms with E-state index in [0.29, 0.717) is 18.0 Å². The number of phenols is 1. The molecular formula is C18H21NO4. The summed E-state index contributed by atoms with van der Waals surface area (Å²) in [7, 11) is 4.95. The van der Waals surface area contributed by atoms with Gasteiger partial charge in [-0.3, -0.25) is 4.79 Å². The van der Waals surface area contributed by atoms with E-state index in [0.717, 1.165) is 11.1 Å². The van der Waals surface area contributed by atoms with E-state index >= 15 is 0 Å². The monoisotopic (exact) mass is 315 g/mol. The zero-order valence-corrected chi connectivity index (χ0v) is 13.6. The van der Waals surface area contributed by atoms with E-state index in [1.165, 1.54) is 0 Å². The number of carbonyl (C=O) groups excluding carboxylic acids is 1. The molecule has 2 aromatic rings. The van der Waals surface area contributed by atoms with Gasteiger partial charge in [-0.05, 0) is 29.8 Å². The Balaban J connectivity index is 2.04. The smallest absolute Gasteiger partial charge is 0.227 e. The lowest BCUT2D eigenvalue weighted by Crippen LogP contribution is -2.27. The molecule has 0 saturated heterocycles. The fourth-order valence-corrected chi connectivity index (χ4v) is 2.25. The maximum absolute atomic E-state index is 12.3. The van der Waals surface area contributed by atoms with Gasteiger partial charge >= 0.3 is 0 Å². The van der Waals surface area contributed by atoms with Crippen molar-refractivity contribution in [1.82, 2.24) is 4.90 Å². The predicted octanol–water partition coefficient (Wildman–Crippen LogP) is 2.61. The molecule has 0 aliphatic heterocycles. The van der Waals surface area contributed by atoms with Gasteiger partial charge in [-0.2, -0.15) is 0 Å². The van der Waals surface area contributed by atoms with Crippen LogP contribution in [0.4, 0.5) is 0 Å². The van der Waals surface area contributed by atoms with Crippen LogP contribution in [0.1, 0.15) is 11.1 Å². The van der Waals surface area contributed by atoms with E-state index < -0.39 is 0 Å². The average Bonchev–Trinajstić information content (AvgIpc) is 2.57. The lowest BCUT2D eigenvalue weighted by atomic mass is 10.1. The van der Waals surface area contributed by atoms with Crippen LogP contribution in [0.25, 0.3) is 0 Å². The quantitative estimate of drug-likeness (QED) is 0.890. The molecule has 0 spiro atoms. The van der Waals surface area contributed by atoms with Crippen LogP contribution >= 0.6 is 0 Å². The van der Waals surface area contributed by atoms with Crippen LogP contribution in [0, 0.1) is 0 Å². The number of methoxy groups -OCH3 is 2. The molecular weight excluding hydrogens is 294 g/mol. The predicted molar refractivity (Wildman–Crippen MR) is 87.8 cm³/mol. The third-order valence-corrected chi connectivity index (χ3v) is 3.62. The fourth-order valence-electron chi connectivity index (χ4n) is 2.25. The number of carbonyl (C=O) groups is 1. The molecule has 1 N–H and O–H groups in total. The molecule has 2 rings (SSSR count). The topological polar surface area (TPSA) is 59.0 Å². The molecule has 0 aliphatic rings. The van der Waals surface area contributed by atoms with Crippen molar-refractivity contribution in [3.05, 3.63) is 53.6 Å². The fraction of sp³-hybridized carbons (Fsp3) is 0.278. The van der Waals surface area contributed by atoms with Gasteiger partial charge in [0, 0.05) is 25.2 Å². The Bertz CT molecular complexity index is 667. The van der Waals surface area contributed by atoms with Crippen LogP contribution in [0.3, 0.4) is 0 Å². The van der Waals surface area contributed by atoms with Gasteiger partial charge in [0.15, 0.2) is 0 Å². The van der Waals surface area contributed by atoms with E-state index in [9.17, 15) is 9.90 Å². The highest BCUT2D eigenvalue weighted by Crippen LogP contribution is 2.25. The van der Waals surface area contributed by atoms with Crippen LogP contribution in [0.15, 0.2) is 42.5 Å². The highest BCUT2D eigenvalue weighted by molar-refractivity contribution is 5.78. The number of ether oxygens (including phenoxy) is 2. The first-order chi connectivity index (χ1) is 11.0. The third kappa shape index (κ3) is 4.39. The van der Waals surface area contributed by atoms with Crippen LogP contribution in [-0.2, 0) is 17.8 Å². The lowest BCUT2D eigenvalue weighted by molar-refractivity contribution is -0.129. The number of hydrogen-bond donors (Lipinski definition) is 1. The second kappa shape index (κ2) is 7.54. The summed E-state index contributed by atoms with van der Waals surface area (Å²) in [5.41, 5.74) is 1.77. The number of nitrogens with zero attached hydrogens (tertiary/aromatic N) is 1. The normalized spacial score (nSPS) is 10.2. The maximum atomic E-state index is 12.3. The van der Waals surface area contributed by atoms with Crippen LogP contribution < -0.4 is 9.47 Å². The molecule has 0 fully saturated rings. The molecule has 122 valence electrons. The van der Waals surface area contributed by atoms with Gasteiger partial charge in [0.25, 0.3) is 0 Å². The van der Waals surface area contributed by atoms with Crippen molar-refractivity contribution < 1.29 is 19.4 Å². The maximum Gasteiger partial charge on any atom is 0.227 e. The van der Waals surface area contributed by atoms with E-state index in [2.05, 4.69) is 0 Å². The van der Waals surface area contributed by atoms with Gasteiger partial charge in [0.1, 0.15) is 17.2 Å². The number of rotatable bonds is 6. The van der Waals surface area contributed by atoms with Crippen molar-refractivity contribution in [3.8, 4) is 17.2 Å². The minimum atomic E-state index is -0.00596. The van der Waals surface area contributed by atoms with E-state index in [1.807, 2.05) is 12.1 Å². The van der Waals surface area contributed by atoms with Gasteiger partial charge in [-0.1, -0.05) is 12.1 Å². The highest BCUT2D eigenvalue weighted by atomic mass is 16.5. The Morgan fingerprint density at radius 3 is 2.39 bits per heavy atom. The zero-order chi connectivity index (χ0) is 16.8. The summed E-state index contributed by atoms with van der Waals surface area (Å²) in [5.74, 6) is 1.59. The molecule has 5 nitrogen and oxygen atoms in total. The van der Waals surface area contributed by atoms with Crippen LogP contribution in [0.5, 0.6) is 17.2 Å². The number of aromatic hydroxyl groups is 1. The first-order valence-electron chi connectivity index (χ1n) is 7.26. The Morgan fingerprint density at radius 1 is 1.09 bits per heavy atom. The lowest BCUT2D eigenvalue weighted by Gasteiger charge is -2.19. The average molecular weight is 315 g/mol. The molecule has 0 aliphatic carbocycles. The van der Waals surface area contributed by atoms with E-state index in [4.69, 9.17) is 9.47 Å². The largest absolute Gasteiger partial charge is 0.508 e. The summed E-state index contributed by atoms with van der Waals surface area (Å²) in [4.78, 5) is 14.0. The number of amides is 1. The molecule has 0 radical (unpaired) electrons. The molecule has 1 amide bonds. The summed E-state index contributed by atoms with van der Waals surface area (Å²) < 4.78 is 10.5. The number of hydrogen-bond acceptors (Lipinski definition) is 4. The molecule has 0 aromatic heterocycles. The number of phenolic OH excluding ortho intramolecular Hbond substituents is 1. The highest BCUT2D eigenvalue weighted by Gasteiger charge is 2.13. The Labute approximate surface area is 136 Å². The molecule has 0 unspecified atom stereocenters. The van der Waals surface area contributed by atoms with Crippen molar-refractivity contribution in [3.63, 3.8) is 0 Å². The van der Waals surface area contributed by atoms with Gasteiger partial charge in [-0.15, -0.1) is 0 Å². The van der Waals surface area contributed by atoms with Crippen LogP contribution in [0.2, 0.25) is 0 Å². The molecule has 0 bridgehead atoms. The SMILES string of the molecule is COc1ccc(CN(C)C(=O)Cc2ccc(O)cc2)c(OC)c1. The molecule has 0 heterocycles. The minimum Gasteiger partial charge on any atom is -0.508 e. The summed E-state index contributed by atoms with van der Waals surface area (Å²) in [5, 5.41) is 9.28. The molecule has 0 atom stereocenters. The van der Waals surface area contributed by atoms with Crippen molar-refractivity contribution in [2.75, 3.05) is 21.3 Å². The molecule has 2 aromatic carbocycles. The summed E-state index contributed by atoms with van der Waals surface area (Å²) >= 11 is 0. The van der Waals surface area contributed by atoms with Crippen molar-refractivity contribution in [2.24, 2.45) is 0 Å². The first kappa shape index (κ1) is 16.7. The van der Waals surface area contributed by atoms with Gasteiger partial charge in [0.2, 0.25) is 5.91 Å². The third-order valence-electron chi connectivity index (χ3n) is 3.62. The van der Waals surface area contributed by atoms with Gasteiger partial charge in [0.05, 0.1) is 20.6 Å². The Kier molecular flexibility index (Phi) is 5.46. The van der Waals surface area contributed by atoms with E-state index in [1.54, 1.807) is 56.5 Å². The minimum absolute atomic E-state index is 0.00596.